The van der Waals surface area contributed by atoms with Gasteiger partial charge in [0, 0.05) is 11.1 Å². The molecule has 0 bridgehead atoms. The van der Waals surface area contributed by atoms with Crippen LogP contribution in [0.15, 0.2) is 18.2 Å². The minimum atomic E-state index is -0.615. The van der Waals surface area contributed by atoms with Crippen LogP contribution < -0.4 is 5.32 Å². The number of nitrogens with one attached hydrogen (secondary N) is 1. The first-order chi connectivity index (χ1) is 7.90. The predicted molar refractivity (Wildman–Crippen MR) is 64.6 cm³/mol. The van der Waals surface area contributed by atoms with Gasteiger partial charge < -0.3 is 10.4 Å². The van der Waals surface area contributed by atoms with Gasteiger partial charge in [-0.25, -0.2) is 4.39 Å². The molecule has 0 fully saturated rings. The quantitative estimate of drug-likeness (QED) is 0.872. The monoisotopic (exact) mass is 259 g/mol. The first kappa shape index (κ1) is 13.9. The third-order valence-electron chi connectivity index (χ3n) is 2.25. The van der Waals surface area contributed by atoms with Crippen molar-refractivity contribution in [3.05, 3.63) is 34.6 Å². The van der Waals surface area contributed by atoms with Crippen LogP contribution in [-0.4, -0.2) is 23.2 Å². The molecule has 0 aliphatic carbocycles. The number of hydrogen-bond donors (Lipinski definition) is 2. The van der Waals surface area contributed by atoms with Crippen LogP contribution in [-0.2, 0) is 0 Å². The molecule has 0 saturated carbocycles. The Morgan fingerprint density at radius 2 is 2.18 bits per heavy atom. The van der Waals surface area contributed by atoms with Gasteiger partial charge in [-0.05, 0) is 38.5 Å². The van der Waals surface area contributed by atoms with E-state index in [1.54, 1.807) is 13.8 Å². The molecule has 94 valence electrons. The van der Waals surface area contributed by atoms with Gasteiger partial charge in [0.05, 0.1) is 11.7 Å². The molecule has 1 amide bonds. The van der Waals surface area contributed by atoms with E-state index in [-0.39, 0.29) is 11.6 Å². The van der Waals surface area contributed by atoms with Gasteiger partial charge in [0.25, 0.3) is 5.91 Å². The van der Waals surface area contributed by atoms with Gasteiger partial charge >= 0.3 is 0 Å². The van der Waals surface area contributed by atoms with Gasteiger partial charge in [-0.1, -0.05) is 11.6 Å². The molecule has 0 aromatic heterocycles. The Bertz CT molecular complexity index is 409. The van der Waals surface area contributed by atoms with Crippen LogP contribution in [0.4, 0.5) is 4.39 Å². The van der Waals surface area contributed by atoms with Crippen molar-refractivity contribution >= 4 is 17.5 Å². The summed E-state index contributed by atoms with van der Waals surface area (Å²) in [7, 11) is 0. The Kier molecular flexibility index (Phi) is 4.90. The smallest absolute Gasteiger partial charge is 0.254 e. The van der Waals surface area contributed by atoms with Crippen molar-refractivity contribution in [1.82, 2.24) is 5.32 Å². The van der Waals surface area contributed by atoms with E-state index in [4.69, 9.17) is 16.7 Å². The lowest BCUT2D eigenvalue weighted by Crippen LogP contribution is -2.35. The molecule has 5 heteroatoms. The van der Waals surface area contributed by atoms with Crippen molar-refractivity contribution < 1.29 is 14.3 Å². The Morgan fingerprint density at radius 3 is 2.76 bits per heavy atom. The molecular formula is C12H15ClFNO2. The van der Waals surface area contributed by atoms with Gasteiger partial charge in [0.15, 0.2) is 0 Å². The van der Waals surface area contributed by atoms with Crippen molar-refractivity contribution in [2.45, 2.75) is 32.4 Å². The zero-order chi connectivity index (χ0) is 13.0. The van der Waals surface area contributed by atoms with Crippen molar-refractivity contribution in [2.75, 3.05) is 0 Å². The molecule has 1 aromatic rings. The van der Waals surface area contributed by atoms with E-state index in [1.165, 1.54) is 12.1 Å². The van der Waals surface area contributed by atoms with E-state index in [0.717, 1.165) is 6.07 Å². The van der Waals surface area contributed by atoms with Gasteiger partial charge in [-0.15, -0.1) is 0 Å². The number of aliphatic hydroxyl groups excluding tert-OH is 1. The number of amides is 1. The fourth-order valence-electron chi connectivity index (χ4n) is 1.54. The Labute approximate surface area is 105 Å². The largest absolute Gasteiger partial charge is 0.393 e. The molecule has 0 aliphatic heterocycles. The second kappa shape index (κ2) is 5.98. The fraction of sp³-hybridized carbons (Fsp3) is 0.417. The molecule has 3 nitrogen and oxygen atoms in total. The molecule has 17 heavy (non-hydrogen) atoms. The number of carbonyl (C=O) groups excluding carboxylic acids is 1. The van der Waals surface area contributed by atoms with Gasteiger partial charge in [-0.3, -0.25) is 4.79 Å². The lowest BCUT2D eigenvalue weighted by Gasteiger charge is -2.15. The van der Waals surface area contributed by atoms with E-state index < -0.39 is 17.8 Å². The van der Waals surface area contributed by atoms with Gasteiger partial charge in [-0.2, -0.15) is 0 Å². The summed E-state index contributed by atoms with van der Waals surface area (Å²) in [5, 5.41) is 12.1. The van der Waals surface area contributed by atoms with E-state index in [0.29, 0.717) is 11.4 Å². The molecule has 0 saturated heterocycles. The molecule has 2 N–H and O–H groups in total. The van der Waals surface area contributed by atoms with E-state index in [1.807, 2.05) is 0 Å². The van der Waals surface area contributed by atoms with Crippen LogP contribution in [0.1, 0.15) is 30.6 Å². The Balaban J connectivity index is 2.73. The number of benzene rings is 1. The topological polar surface area (TPSA) is 49.3 Å². The Morgan fingerprint density at radius 1 is 1.53 bits per heavy atom. The van der Waals surface area contributed by atoms with Crippen LogP contribution >= 0.6 is 11.6 Å². The summed E-state index contributed by atoms with van der Waals surface area (Å²) in [6.07, 6.45) is -0.108. The van der Waals surface area contributed by atoms with Crippen molar-refractivity contribution in [3.8, 4) is 0 Å². The molecule has 0 aliphatic rings. The fourth-order valence-corrected chi connectivity index (χ4v) is 1.72. The summed E-state index contributed by atoms with van der Waals surface area (Å²) < 4.78 is 13.4. The standard InChI is InChI=1S/C12H15ClFNO2/c1-7(5-8(2)16)15-12(17)10-6-9(13)3-4-11(10)14/h3-4,6-8,16H,5H2,1-2H3,(H,15,17). The van der Waals surface area contributed by atoms with Gasteiger partial charge in [0.2, 0.25) is 0 Å². The van der Waals surface area contributed by atoms with Crippen LogP contribution in [0.5, 0.6) is 0 Å². The third-order valence-corrected chi connectivity index (χ3v) is 2.48. The highest BCUT2D eigenvalue weighted by molar-refractivity contribution is 6.30. The van der Waals surface area contributed by atoms with Crippen LogP contribution in [0.25, 0.3) is 0 Å². The van der Waals surface area contributed by atoms with E-state index in [2.05, 4.69) is 5.32 Å². The summed E-state index contributed by atoms with van der Waals surface area (Å²) in [6, 6.07) is 3.58. The number of halogens is 2. The first-order valence-electron chi connectivity index (χ1n) is 5.34. The van der Waals surface area contributed by atoms with Crippen molar-refractivity contribution in [2.24, 2.45) is 0 Å². The SMILES string of the molecule is CC(O)CC(C)NC(=O)c1cc(Cl)ccc1F. The van der Waals surface area contributed by atoms with Crippen LogP contribution in [0.3, 0.4) is 0 Å². The average molecular weight is 260 g/mol. The zero-order valence-electron chi connectivity index (χ0n) is 9.71. The third kappa shape index (κ3) is 4.32. The van der Waals surface area contributed by atoms with E-state index in [9.17, 15) is 9.18 Å². The molecule has 0 heterocycles. The molecule has 0 radical (unpaired) electrons. The average Bonchev–Trinajstić information content (AvgIpc) is 2.20. The second-order valence-corrected chi connectivity index (χ2v) is 4.52. The zero-order valence-corrected chi connectivity index (χ0v) is 10.5. The lowest BCUT2D eigenvalue weighted by molar-refractivity contribution is 0.0919. The highest BCUT2D eigenvalue weighted by Gasteiger charge is 2.15. The number of aliphatic hydroxyl groups is 1. The first-order valence-corrected chi connectivity index (χ1v) is 5.72. The maximum atomic E-state index is 13.4. The molecule has 2 atom stereocenters. The molecular weight excluding hydrogens is 245 g/mol. The lowest BCUT2D eigenvalue weighted by atomic mass is 10.1. The highest BCUT2D eigenvalue weighted by Crippen LogP contribution is 2.15. The number of rotatable bonds is 4. The molecule has 2 unspecified atom stereocenters. The second-order valence-electron chi connectivity index (χ2n) is 4.08. The maximum Gasteiger partial charge on any atom is 0.254 e. The Hall–Kier alpha value is -1.13. The van der Waals surface area contributed by atoms with Crippen molar-refractivity contribution in [1.29, 1.82) is 0 Å². The minimum absolute atomic E-state index is 0.0880. The van der Waals surface area contributed by atoms with Gasteiger partial charge in [0.1, 0.15) is 5.82 Å². The maximum absolute atomic E-state index is 13.4. The summed E-state index contributed by atoms with van der Waals surface area (Å²) >= 11 is 5.70. The summed E-state index contributed by atoms with van der Waals surface area (Å²) in [4.78, 5) is 11.7. The molecule has 0 spiro atoms. The highest BCUT2D eigenvalue weighted by atomic mass is 35.5. The van der Waals surface area contributed by atoms with E-state index >= 15 is 0 Å². The summed E-state index contributed by atoms with van der Waals surface area (Å²) in [5.41, 5.74) is -0.0880. The number of carbonyl (C=O) groups is 1. The van der Waals surface area contributed by atoms with Crippen molar-refractivity contribution in [3.63, 3.8) is 0 Å². The predicted octanol–water partition coefficient (Wildman–Crippen LogP) is 2.37. The summed E-state index contributed by atoms with van der Waals surface area (Å²) in [6.45, 7) is 3.37. The normalized spacial score (nSPS) is 14.2. The van der Waals surface area contributed by atoms with Crippen LogP contribution in [0.2, 0.25) is 5.02 Å². The number of hydrogen-bond acceptors (Lipinski definition) is 2. The molecule has 1 aromatic carbocycles. The van der Waals surface area contributed by atoms with Crippen LogP contribution in [0, 0.1) is 5.82 Å². The minimum Gasteiger partial charge on any atom is -0.393 e. The summed E-state index contributed by atoms with van der Waals surface area (Å²) in [5.74, 6) is -1.14. The molecule has 1 rings (SSSR count).